The zero-order valence-corrected chi connectivity index (χ0v) is 11.9. The van der Waals surface area contributed by atoms with Crippen LogP contribution in [0.2, 0.25) is 0 Å². The fraction of sp³-hybridized carbons (Fsp3) is 0.933. The van der Waals surface area contributed by atoms with Gasteiger partial charge in [0.25, 0.3) is 0 Å². The lowest BCUT2D eigenvalue weighted by atomic mass is 9.79. The van der Waals surface area contributed by atoms with Gasteiger partial charge in [0.05, 0.1) is 11.5 Å². The topological polar surface area (TPSA) is 75.4 Å². The Morgan fingerprint density at radius 2 is 1.84 bits per heavy atom. The smallest absolute Gasteiger partial charge is 0.227 e. The van der Waals surface area contributed by atoms with Crippen LogP contribution in [0.4, 0.5) is 0 Å². The molecule has 19 heavy (non-hydrogen) atoms. The molecule has 0 spiro atoms. The van der Waals surface area contributed by atoms with E-state index in [9.17, 15) is 9.90 Å². The van der Waals surface area contributed by atoms with Gasteiger partial charge in [0.2, 0.25) is 5.91 Å². The highest BCUT2D eigenvalue weighted by Crippen LogP contribution is 2.34. The SMILES string of the molecule is NCC1(C(=O)NCC2CCCC2O)CCCCCC1. The van der Waals surface area contributed by atoms with Crippen LogP contribution in [0.25, 0.3) is 0 Å². The molecule has 2 atom stereocenters. The average molecular weight is 268 g/mol. The maximum Gasteiger partial charge on any atom is 0.227 e. The number of hydrogen-bond donors (Lipinski definition) is 3. The molecule has 0 saturated heterocycles. The second-order valence-corrected chi connectivity index (χ2v) is 6.37. The summed E-state index contributed by atoms with van der Waals surface area (Å²) in [5.41, 5.74) is 5.56. The molecule has 0 aliphatic heterocycles. The van der Waals surface area contributed by atoms with Gasteiger partial charge >= 0.3 is 0 Å². The lowest BCUT2D eigenvalue weighted by Gasteiger charge is -2.30. The van der Waals surface area contributed by atoms with Crippen molar-refractivity contribution in [2.45, 2.75) is 63.9 Å². The van der Waals surface area contributed by atoms with Crippen LogP contribution in [0.5, 0.6) is 0 Å². The second kappa shape index (κ2) is 6.71. The Bertz CT molecular complexity index is 299. The Balaban J connectivity index is 1.88. The van der Waals surface area contributed by atoms with Crippen molar-refractivity contribution >= 4 is 5.91 Å². The molecule has 2 aliphatic carbocycles. The number of nitrogens with two attached hydrogens (primary N) is 1. The lowest BCUT2D eigenvalue weighted by Crippen LogP contribution is -2.47. The molecule has 110 valence electrons. The summed E-state index contributed by atoms with van der Waals surface area (Å²) < 4.78 is 0. The number of aliphatic hydroxyl groups is 1. The van der Waals surface area contributed by atoms with E-state index < -0.39 is 0 Å². The van der Waals surface area contributed by atoms with Crippen molar-refractivity contribution < 1.29 is 9.90 Å². The highest BCUT2D eigenvalue weighted by Gasteiger charge is 2.37. The molecule has 0 aromatic heterocycles. The molecular weight excluding hydrogens is 240 g/mol. The van der Waals surface area contributed by atoms with Gasteiger partial charge in [-0.15, -0.1) is 0 Å². The van der Waals surface area contributed by atoms with E-state index in [1.54, 1.807) is 0 Å². The molecule has 0 aromatic carbocycles. The van der Waals surface area contributed by atoms with Crippen LogP contribution in [0.3, 0.4) is 0 Å². The number of rotatable bonds is 4. The van der Waals surface area contributed by atoms with E-state index >= 15 is 0 Å². The highest BCUT2D eigenvalue weighted by molar-refractivity contribution is 5.82. The maximum atomic E-state index is 12.5. The van der Waals surface area contributed by atoms with Crippen LogP contribution in [0.1, 0.15) is 57.8 Å². The molecule has 2 rings (SSSR count). The molecule has 4 nitrogen and oxygen atoms in total. The van der Waals surface area contributed by atoms with Gasteiger partial charge in [0.1, 0.15) is 0 Å². The lowest BCUT2D eigenvalue weighted by molar-refractivity contribution is -0.131. The fourth-order valence-corrected chi connectivity index (χ4v) is 3.60. The summed E-state index contributed by atoms with van der Waals surface area (Å²) in [5.74, 6) is 0.362. The Morgan fingerprint density at radius 1 is 1.16 bits per heavy atom. The van der Waals surface area contributed by atoms with Crippen molar-refractivity contribution in [3.63, 3.8) is 0 Å². The molecule has 2 unspecified atom stereocenters. The Hall–Kier alpha value is -0.610. The van der Waals surface area contributed by atoms with E-state index in [2.05, 4.69) is 5.32 Å². The highest BCUT2D eigenvalue weighted by atomic mass is 16.3. The number of nitrogens with one attached hydrogen (secondary N) is 1. The summed E-state index contributed by atoms with van der Waals surface area (Å²) >= 11 is 0. The molecule has 0 bridgehead atoms. The molecule has 1 amide bonds. The molecule has 0 radical (unpaired) electrons. The Kier molecular flexibility index (Phi) is 5.22. The molecule has 2 aliphatic rings. The van der Waals surface area contributed by atoms with Crippen LogP contribution in [0, 0.1) is 11.3 Å². The largest absolute Gasteiger partial charge is 0.393 e. The first-order valence-electron chi connectivity index (χ1n) is 7.84. The minimum absolute atomic E-state index is 0.121. The van der Waals surface area contributed by atoms with Gasteiger partial charge in [-0.3, -0.25) is 4.79 Å². The quantitative estimate of drug-likeness (QED) is 0.677. The van der Waals surface area contributed by atoms with Crippen LogP contribution in [-0.2, 0) is 4.79 Å². The van der Waals surface area contributed by atoms with E-state index in [1.165, 1.54) is 12.8 Å². The first-order valence-corrected chi connectivity index (χ1v) is 7.84. The molecule has 2 fully saturated rings. The van der Waals surface area contributed by atoms with E-state index in [1.807, 2.05) is 0 Å². The van der Waals surface area contributed by atoms with Gasteiger partial charge in [0.15, 0.2) is 0 Å². The minimum atomic E-state index is -0.347. The third-order valence-corrected chi connectivity index (χ3v) is 5.08. The Labute approximate surface area is 116 Å². The Morgan fingerprint density at radius 3 is 2.37 bits per heavy atom. The standard InChI is InChI=1S/C15H28N2O2/c16-11-15(8-3-1-2-4-9-15)14(19)17-10-12-6-5-7-13(12)18/h12-13,18H,1-11,16H2,(H,17,19). The third-order valence-electron chi connectivity index (χ3n) is 5.08. The first-order chi connectivity index (χ1) is 9.18. The molecule has 2 saturated carbocycles. The average Bonchev–Trinajstić information content (AvgIpc) is 2.68. The molecule has 0 heterocycles. The number of hydrogen-bond acceptors (Lipinski definition) is 3. The first kappa shape index (κ1) is 14.8. The van der Waals surface area contributed by atoms with Crippen LogP contribution >= 0.6 is 0 Å². The molecule has 0 aromatic rings. The van der Waals surface area contributed by atoms with Crippen molar-refractivity contribution in [3.05, 3.63) is 0 Å². The minimum Gasteiger partial charge on any atom is -0.393 e. The molecule has 4 heteroatoms. The second-order valence-electron chi connectivity index (χ2n) is 6.37. The zero-order valence-electron chi connectivity index (χ0n) is 11.9. The summed E-state index contributed by atoms with van der Waals surface area (Å²) in [6, 6.07) is 0. The monoisotopic (exact) mass is 268 g/mol. The van der Waals surface area contributed by atoms with Gasteiger partial charge < -0.3 is 16.2 Å². The molecule has 4 N–H and O–H groups in total. The van der Waals surface area contributed by atoms with Crippen LogP contribution in [-0.4, -0.2) is 30.2 Å². The van der Waals surface area contributed by atoms with Crippen molar-refractivity contribution in [3.8, 4) is 0 Å². The van der Waals surface area contributed by atoms with Gasteiger partial charge in [-0.1, -0.05) is 32.1 Å². The van der Waals surface area contributed by atoms with E-state index in [-0.39, 0.29) is 23.3 Å². The summed E-state index contributed by atoms with van der Waals surface area (Å²) in [5, 5.41) is 12.9. The number of carbonyl (C=O) groups is 1. The normalized spacial score (nSPS) is 30.8. The predicted octanol–water partition coefficient (Wildman–Crippen LogP) is 1.56. The third kappa shape index (κ3) is 3.48. The van der Waals surface area contributed by atoms with Crippen molar-refractivity contribution in [2.24, 2.45) is 17.1 Å². The van der Waals surface area contributed by atoms with E-state index in [0.717, 1.165) is 44.9 Å². The van der Waals surface area contributed by atoms with Crippen LogP contribution in [0.15, 0.2) is 0 Å². The van der Waals surface area contributed by atoms with E-state index in [0.29, 0.717) is 13.1 Å². The van der Waals surface area contributed by atoms with Crippen molar-refractivity contribution in [2.75, 3.05) is 13.1 Å². The van der Waals surface area contributed by atoms with Gasteiger partial charge in [-0.2, -0.15) is 0 Å². The number of amides is 1. The summed E-state index contributed by atoms with van der Waals surface area (Å²) in [6.07, 6.45) is 9.23. The molecular formula is C15H28N2O2. The van der Waals surface area contributed by atoms with E-state index in [4.69, 9.17) is 5.73 Å². The van der Waals surface area contributed by atoms with Gasteiger partial charge in [0, 0.05) is 19.0 Å². The summed E-state index contributed by atoms with van der Waals surface area (Å²) in [6.45, 7) is 1.06. The van der Waals surface area contributed by atoms with Crippen molar-refractivity contribution in [1.82, 2.24) is 5.32 Å². The van der Waals surface area contributed by atoms with Crippen LogP contribution < -0.4 is 11.1 Å². The fourth-order valence-electron chi connectivity index (χ4n) is 3.60. The summed E-state index contributed by atoms with van der Waals surface area (Å²) in [7, 11) is 0. The van der Waals surface area contributed by atoms with Gasteiger partial charge in [-0.05, 0) is 25.7 Å². The zero-order chi connectivity index (χ0) is 13.7. The van der Waals surface area contributed by atoms with Crippen molar-refractivity contribution in [1.29, 1.82) is 0 Å². The number of aliphatic hydroxyl groups excluding tert-OH is 1. The maximum absolute atomic E-state index is 12.5. The predicted molar refractivity (Wildman–Crippen MR) is 75.5 cm³/mol. The number of carbonyl (C=O) groups excluding carboxylic acids is 1. The van der Waals surface area contributed by atoms with Gasteiger partial charge in [-0.25, -0.2) is 0 Å². The summed E-state index contributed by atoms with van der Waals surface area (Å²) in [4.78, 5) is 12.5.